The number of pyridine rings is 1. The second-order valence-corrected chi connectivity index (χ2v) is 5.76. The van der Waals surface area contributed by atoms with Crippen LogP contribution < -0.4 is 4.74 Å². The van der Waals surface area contributed by atoms with Gasteiger partial charge in [-0.05, 0) is 44.2 Å². The van der Waals surface area contributed by atoms with Crippen molar-refractivity contribution >= 4 is 29.1 Å². The van der Waals surface area contributed by atoms with Crippen molar-refractivity contribution < 1.29 is 9.53 Å². The number of halogens is 1. The Balaban J connectivity index is 2.22. The lowest BCUT2D eigenvalue weighted by atomic mass is 10.1. The molecule has 0 unspecified atom stereocenters. The van der Waals surface area contributed by atoms with Gasteiger partial charge in [-0.25, -0.2) is 4.98 Å². The molecule has 0 aliphatic carbocycles. The van der Waals surface area contributed by atoms with Crippen molar-refractivity contribution in [1.82, 2.24) is 4.98 Å². The minimum atomic E-state index is 0.0418. The zero-order valence-electron chi connectivity index (χ0n) is 11.9. The molecule has 0 atom stereocenters. The summed E-state index contributed by atoms with van der Waals surface area (Å²) in [6.45, 7) is 4.08. The van der Waals surface area contributed by atoms with Gasteiger partial charge in [-0.3, -0.25) is 4.79 Å². The fourth-order valence-corrected chi connectivity index (χ4v) is 2.98. The van der Waals surface area contributed by atoms with Crippen LogP contribution in [0.4, 0.5) is 0 Å². The van der Waals surface area contributed by atoms with Gasteiger partial charge in [0.25, 0.3) is 0 Å². The first-order valence-corrected chi connectivity index (χ1v) is 7.98. The molecule has 0 N–H and O–H groups in total. The van der Waals surface area contributed by atoms with Gasteiger partial charge in [-0.1, -0.05) is 11.6 Å². The van der Waals surface area contributed by atoms with E-state index in [1.807, 2.05) is 25.1 Å². The molecule has 0 saturated heterocycles. The largest absolute Gasteiger partial charge is 0.494 e. The number of carbonyl (C=O) groups is 1. The van der Waals surface area contributed by atoms with Gasteiger partial charge >= 0.3 is 0 Å². The van der Waals surface area contributed by atoms with Crippen LogP contribution in [0.15, 0.2) is 41.6 Å². The molecule has 0 bridgehead atoms. The molecule has 0 amide bonds. The molecule has 1 aromatic carbocycles. The van der Waals surface area contributed by atoms with Crippen molar-refractivity contribution in [3.63, 3.8) is 0 Å². The number of thioether (sulfide) groups is 1. The van der Waals surface area contributed by atoms with E-state index in [0.29, 0.717) is 22.9 Å². The second-order valence-electron chi connectivity index (χ2n) is 4.39. The first-order chi connectivity index (χ1) is 10.1. The van der Waals surface area contributed by atoms with Crippen LogP contribution >= 0.6 is 23.4 Å². The number of ketones is 1. The lowest BCUT2D eigenvalue weighted by Gasteiger charge is -2.11. The molecule has 2 rings (SSSR count). The molecule has 3 nitrogen and oxygen atoms in total. The lowest BCUT2D eigenvalue weighted by molar-refractivity contribution is 0.101. The van der Waals surface area contributed by atoms with Crippen LogP contribution in [0.25, 0.3) is 0 Å². The van der Waals surface area contributed by atoms with Gasteiger partial charge in [0, 0.05) is 23.1 Å². The maximum absolute atomic E-state index is 11.5. The number of ether oxygens (including phenoxy) is 1. The third-order valence-corrected chi connectivity index (χ3v) is 4.33. The zero-order valence-corrected chi connectivity index (χ0v) is 13.5. The SMILES string of the molecule is CCOc1ccc(C(C)=O)cc1CSc1ncccc1Cl. The Kier molecular flexibility index (Phi) is 5.65. The highest BCUT2D eigenvalue weighted by Gasteiger charge is 2.10. The van der Waals surface area contributed by atoms with E-state index in [2.05, 4.69) is 4.98 Å². The number of benzene rings is 1. The summed E-state index contributed by atoms with van der Waals surface area (Å²) in [5.41, 5.74) is 1.65. The summed E-state index contributed by atoms with van der Waals surface area (Å²) < 4.78 is 5.61. The lowest BCUT2D eigenvalue weighted by Crippen LogP contribution is -1.99. The van der Waals surface area contributed by atoms with Gasteiger partial charge in [-0.15, -0.1) is 11.8 Å². The van der Waals surface area contributed by atoms with Crippen molar-refractivity contribution in [1.29, 1.82) is 0 Å². The molecule has 2 aromatic rings. The van der Waals surface area contributed by atoms with Crippen molar-refractivity contribution in [3.8, 4) is 5.75 Å². The summed E-state index contributed by atoms with van der Waals surface area (Å²) in [5.74, 6) is 1.48. The fraction of sp³-hybridized carbons (Fsp3) is 0.250. The summed E-state index contributed by atoms with van der Waals surface area (Å²) in [6.07, 6.45) is 1.71. The number of rotatable bonds is 6. The van der Waals surface area contributed by atoms with E-state index in [1.165, 1.54) is 11.8 Å². The molecule has 1 heterocycles. The normalized spacial score (nSPS) is 10.4. The van der Waals surface area contributed by atoms with E-state index in [9.17, 15) is 4.79 Å². The number of hydrogen-bond acceptors (Lipinski definition) is 4. The highest BCUT2D eigenvalue weighted by Crippen LogP contribution is 2.31. The van der Waals surface area contributed by atoms with E-state index in [4.69, 9.17) is 16.3 Å². The van der Waals surface area contributed by atoms with E-state index in [0.717, 1.165) is 16.3 Å². The van der Waals surface area contributed by atoms with Crippen molar-refractivity contribution in [2.24, 2.45) is 0 Å². The Morgan fingerprint density at radius 2 is 2.19 bits per heavy atom. The summed E-state index contributed by atoms with van der Waals surface area (Å²) in [7, 11) is 0. The molecule has 0 spiro atoms. The molecular weight excluding hydrogens is 306 g/mol. The average molecular weight is 322 g/mol. The topological polar surface area (TPSA) is 39.2 Å². The minimum Gasteiger partial charge on any atom is -0.494 e. The zero-order chi connectivity index (χ0) is 15.2. The number of aromatic nitrogens is 1. The Morgan fingerprint density at radius 1 is 1.38 bits per heavy atom. The Labute approximate surface area is 133 Å². The minimum absolute atomic E-state index is 0.0418. The predicted octanol–water partition coefficient (Wildman–Crippen LogP) is 4.63. The number of nitrogens with zero attached hydrogens (tertiary/aromatic N) is 1. The van der Waals surface area contributed by atoms with E-state index < -0.39 is 0 Å². The molecule has 5 heteroatoms. The van der Waals surface area contributed by atoms with E-state index in [1.54, 1.807) is 25.3 Å². The quantitative estimate of drug-likeness (QED) is 0.574. The molecule has 0 aliphatic heterocycles. The van der Waals surface area contributed by atoms with E-state index in [-0.39, 0.29) is 5.78 Å². The standard InChI is InChI=1S/C16H16ClNO2S/c1-3-20-15-7-6-12(11(2)19)9-13(15)10-21-16-14(17)5-4-8-18-16/h4-9H,3,10H2,1-2H3. The highest BCUT2D eigenvalue weighted by atomic mass is 35.5. The van der Waals surface area contributed by atoms with Gasteiger partial charge in [-0.2, -0.15) is 0 Å². The Hall–Kier alpha value is -1.52. The van der Waals surface area contributed by atoms with Crippen LogP contribution in [-0.2, 0) is 5.75 Å². The van der Waals surface area contributed by atoms with E-state index >= 15 is 0 Å². The first-order valence-electron chi connectivity index (χ1n) is 6.61. The van der Waals surface area contributed by atoms with Crippen molar-refractivity contribution in [2.75, 3.05) is 6.61 Å². The van der Waals surface area contributed by atoms with Gasteiger partial charge in [0.15, 0.2) is 5.78 Å². The number of hydrogen-bond donors (Lipinski definition) is 0. The monoisotopic (exact) mass is 321 g/mol. The molecule has 0 aliphatic rings. The third kappa shape index (κ3) is 4.22. The Bertz CT molecular complexity index is 646. The van der Waals surface area contributed by atoms with Crippen LogP contribution in [0.5, 0.6) is 5.75 Å². The van der Waals surface area contributed by atoms with Crippen molar-refractivity contribution in [2.45, 2.75) is 24.6 Å². The summed E-state index contributed by atoms with van der Waals surface area (Å²) in [5, 5.41) is 1.40. The van der Waals surface area contributed by atoms with Gasteiger partial charge in [0.05, 0.1) is 11.6 Å². The van der Waals surface area contributed by atoms with Crippen LogP contribution in [0.3, 0.4) is 0 Å². The van der Waals surface area contributed by atoms with Crippen LogP contribution in [0, 0.1) is 0 Å². The van der Waals surface area contributed by atoms with Gasteiger partial charge in [0.1, 0.15) is 10.8 Å². The van der Waals surface area contributed by atoms with Crippen molar-refractivity contribution in [3.05, 3.63) is 52.7 Å². The summed E-state index contributed by atoms with van der Waals surface area (Å²) >= 11 is 7.63. The number of carbonyl (C=O) groups excluding carboxylic acids is 1. The van der Waals surface area contributed by atoms with Gasteiger partial charge in [0.2, 0.25) is 0 Å². The maximum atomic E-state index is 11.5. The average Bonchev–Trinajstić information content (AvgIpc) is 2.47. The molecule has 21 heavy (non-hydrogen) atoms. The molecule has 0 saturated carbocycles. The molecule has 0 radical (unpaired) electrons. The summed E-state index contributed by atoms with van der Waals surface area (Å²) in [4.78, 5) is 15.8. The molecule has 1 aromatic heterocycles. The van der Waals surface area contributed by atoms with Gasteiger partial charge < -0.3 is 4.74 Å². The smallest absolute Gasteiger partial charge is 0.159 e. The van der Waals surface area contributed by atoms with Crippen LogP contribution in [0.1, 0.15) is 29.8 Å². The molecule has 0 fully saturated rings. The number of Topliss-reactive ketones (excluding diaryl/α,β-unsaturated/α-hetero) is 1. The van der Waals surface area contributed by atoms with Crippen LogP contribution in [-0.4, -0.2) is 17.4 Å². The predicted molar refractivity (Wildman–Crippen MR) is 86.4 cm³/mol. The first kappa shape index (κ1) is 15.9. The highest BCUT2D eigenvalue weighted by molar-refractivity contribution is 7.98. The maximum Gasteiger partial charge on any atom is 0.159 e. The Morgan fingerprint density at radius 3 is 2.86 bits per heavy atom. The fourth-order valence-electron chi connectivity index (χ4n) is 1.83. The molecule has 110 valence electrons. The molecular formula is C16H16ClNO2S. The van der Waals surface area contributed by atoms with Crippen LogP contribution in [0.2, 0.25) is 5.02 Å². The summed E-state index contributed by atoms with van der Waals surface area (Å²) in [6, 6.07) is 9.11. The second kappa shape index (κ2) is 7.48. The third-order valence-electron chi connectivity index (χ3n) is 2.86.